The highest BCUT2D eigenvalue weighted by atomic mass is 35.5. The van der Waals surface area contributed by atoms with Gasteiger partial charge in [-0.3, -0.25) is 0 Å². The summed E-state index contributed by atoms with van der Waals surface area (Å²) in [6, 6.07) is 0. The zero-order chi connectivity index (χ0) is 9.35. The lowest BCUT2D eigenvalue weighted by atomic mass is 10.1. The van der Waals surface area contributed by atoms with Crippen LogP contribution in [0.4, 0.5) is 0 Å². The maximum absolute atomic E-state index is 9.43. The van der Waals surface area contributed by atoms with Gasteiger partial charge in [-0.05, 0) is 6.92 Å². The molecule has 4 nitrogen and oxygen atoms in total. The highest BCUT2D eigenvalue weighted by molar-refractivity contribution is 4.78. The van der Waals surface area contributed by atoms with Crippen molar-refractivity contribution in [1.82, 2.24) is 0 Å². The number of ether oxygens (including phenoxy) is 1. The van der Waals surface area contributed by atoms with E-state index in [1.807, 2.05) is 6.92 Å². The molecule has 1 rings (SSSR count). The molecule has 1 saturated heterocycles. The summed E-state index contributed by atoms with van der Waals surface area (Å²) in [6.07, 6.45) is 0.773. The molecule has 1 aliphatic rings. The third-order valence-corrected chi connectivity index (χ3v) is 2.20. The summed E-state index contributed by atoms with van der Waals surface area (Å²) in [5.41, 5.74) is 0. The molecule has 0 aromatic heterocycles. The van der Waals surface area contributed by atoms with Crippen LogP contribution in [0, 0.1) is 0 Å². The zero-order valence-electron chi connectivity index (χ0n) is 9.33. The Labute approximate surface area is 92.2 Å². The molecule has 0 aromatic rings. The molecule has 0 aromatic carbocycles. The van der Waals surface area contributed by atoms with E-state index in [0.717, 1.165) is 17.4 Å². The Hall–Kier alpha value is 0.130. The van der Waals surface area contributed by atoms with E-state index in [1.54, 1.807) is 0 Å². The van der Waals surface area contributed by atoms with Gasteiger partial charge in [-0.15, -0.1) is 0 Å². The number of likely N-dealkylation sites (N-methyl/N-ethyl adjacent to an activating group) is 1. The summed E-state index contributed by atoms with van der Waals surface area (Å²) in [4.78, 5) is 0. The summed E-state index contributed by atoms with van der Waals surface area (Å²) in [5.74, 6) is 0. The van der Waals surface area contributed by atoms with Gasteiger partial charge in [-0.2, -0.15) is 0 Å². The third-order valence-electron chi connectivity index (χ3n) is 2.20. The summed E-state index contributed by atoms with van der Waals surface area (Å²) in [7, 11) is 6.41. The standard InChI is InChI=1S/C9H20NO2.ClH.H2O/c1-7-9(11)5-8(12-7)6-10(2,3)4;;/h7-9,11H,5-6H2,1-4H3;1H;1H2/q+1;;/p-1/t7-,8-,9+;;/m1../s1. The van der Waals surface area contributed by atoms with E-state index >= 15 is 0 Å². The molecule has 3 atom stereocenters. The largest absolute Gasteiger partial charge is 1.00 e. The van der Waals surface area contributed by atoms with Crippen molar-refractivity contribution in [1.29, 1.82) is 0 Å². The molecule has 0 saturated carbocycles. The number of nitrogens with zero attached hydrogens (tertiary/aromatic N) is 1. The number of aliphatic hydroxyl groups is 1. The molecule has 0 aliphatic carbocycles. The normalized spacial score (nSPS) is 31.9. The molecule has 0 bridgehead atoms. The molecule has 88 valence electrons. The van der Waals surface area contributed by atoms with Crippen LogP contribution < -0.4 is 12.4 Å². The van der Waals surface area contributed by atoms with E-state index in [4.69, 9.17) is 4.74 Å². The van der Waals surface area contributed by atoms with Gasteiger partial charge in [0.05, 0.1) is 33.4 Å². The van der Waals surface area contributed by atoms with Crippen LogP contribution in [0.5, 0.6) is 0 Å². The van der Waals surface area contributed by atoms with Gasteiger partial charge in [0.2, 0.25) is 0 Å². The minimum Gasteiger partial charge on any atom is -1.00 e. The maximum atomic E-state index is 9.43. The summed E-state index contributed by atoms with van der Waals surface area (Å²) >= 11 is 0. The minimum absolute atomic E-state index is 0. The first-order valence-corrected chi connectivity index (χ1v) is 4.52. The Bertz CT molecular complexity index is 151. The number of halogens is 1. The second-order valence-corrected chi connectivity index (χ2v) is 4.74. The second-order valence-electron chi connectivity index (χ2n) is 4.74. The van der Waals surface area contributed by atoms with E-state index in [-0.39, 0.29) is 36.2 Å². The molecule has 5 heteroatoms. The van der Waals surface area contributed by atoms with Crippen molar-refractivity contribution >= 4 is 0 Å². The Morgan fingerprint density at radius 2 is 1.86 bits per heavy atom. The van der Waals surface area contributed by atoms with Crippen molar-refractivity contribution in [2.45, 2.75) is 31.7 Å². The highest BCUT2D eigenvalue weighted by Crippen LogP contribution is 2.21. The lowest BCUT2D eigenvalue weighted by Gasteiger charge is -2.26. The topological polar surface area (TPSA) is 61.0 Å². The van der Waals surface area contributed by atoms with Gasteiger partial charge in [0.25, 0.3) is 0 Å². The number of rotatable bonds is 2. The minimum atomic E-state index is -0.262. The van der Waals surface area contributed by atoms with Gasteiger partial charge in [-0.1, -0.05) is 0 Å². The first-order chi connectivity index (χ1) is 5.38. The van der Waals surface area contributed by atoms with Crippen molar-refractivity contribution in [3.05, 3.63) is 0 Å². The quantitative estimate of drug-likeness (QED) is 0.496. The van der Waals surface area contributed by atoms with Crippen molar-refractivity contribution in [2.24, 2.45) is 0 Å². The fourth-order valence-corrected chi connectivity index (χ4v) is 1.64. The van der Waals surface area contributed by atoms with E-state index in [9.17, 15) is 5.11 Å². The Morgan fingerprint density at radius 3 is 2.14 bits per heavy atom. The van der Waals surface area contributed by atoms with E-state index in [0.29, 0.717) is 0 Å². The molecule has 1 fully saturated rings. The number of aliphatic hydroxyl groups excluding tert-OH is 1. The summed E-state index contributed by atoms with van der Waals surface area (Å²) in [5, 5.41) is 9.43. The highest BCUT2D eigenvalue weighted by Gasteiger charge is 2.33. The van der Waals surface area contributed by atoms with Crippen LogP contribution in [-0.4, -0.2) is 61.1 Å². The number of quaternary nitrogens is 1. The van der Waals surface area contributed by atoms with Crippen molar-refractivity contribution in [3.63, 3.8) is 0 Å². The van der Waals surface area contributed by atoms with Crippen LogP contribution >= 0.6 is 0 Å². The lowest BCUT2D eigenvalue weighted by Crippen LogP contribution is -3.00. The Balaban J connectivity index is 0. The predicted octanol–water partition coefficient (Wildman–Crippen LogP) is -3.59. The summed E-state index contributed by atoms with van der Waals surface area (Å²) < 4.78 is 6.48. The number of hydrogen-bond acceptors (Lipinski definition) is 2. The average molecular weight is 228 g/mol. The Morgan fingerprint density at radius 1 is 1.36 bits per heavy atom. The monoisotopic (exact) mass is 227 g/mol. The van der Waals surface area contributed by atoms with Crippen LogP contribution in [0.3, 0.4) is 0 Å². The van der Waals surface area contributed by atoms with Crippen molar-refractivity contribution < 1.29 is 32.2 Å². The molecule has 1 aliphatic heterocycles. The molecule has 0 unspecified atom stereocenters. The van der Waals surface area contributed by atoms with Crippen LogP contribution in [0.2, 0.25) is 0 Å². The molecule has 0 radical (unpaired) electrons. The molecule has 1 heterocycles. The molecule has 3 N–H and O–H groups in total. The predicted molar refractivity (Wildman–Crippen MR) is 51.5 cm³/mol. The van der Waals surface area contributed by atoms with Crippen LogP contribution in [0.25, 0.3) is 0 Å². The lowest BCUT2D eigenvalue weighted by molar-refractivity contribution is -0.873. The van der Waals surface area contributed by atoms with Gasteiger partial charge in [0.15, 0.2) is 0 Å². The molecular weight excluding hydrogens is 206 g/mol. The molecular formula is C9H22ClNO3. The summed E-state index contributed by atoms with van der Waals surface area (Å²) in [6.45, 7) is 2.90. The fraction of sp³-hybridized carbons (Fsp3) is 1.00. The number of hydrogen-bond donors (Lipinski definition) is 1. The van der Waals surface area contributed by atoms with Gasteiger partial charge < -0.3 is 32.2 Å². The van der Waals surface area contributed by atoms with Gasteiger partial charge in [0.1, 0.15) is 12.6 Å². The average Bonchev–Trinajstić information content (AvgIpc) is 2.07. The SMILES string of the molecule is C[C@H]1O[C@@H](C[N+](C)(C)C)C[C@@H]1O.O.[Cl-]. The van der Waals surface area contributed by atoms with Crippen molar-refractivity contribution in [3.8, 4) is 0 Å². The third kappa shape index (κ3) is 5.12. The van der Waals surface area contributed by atoms with Crippen LogP contribution in [0.15, 0.2) is 0 Å². The van der Waals surface area contributed by atoms with Crippen LogP contribution in [-0.2, 0) is 4.74 Å². The Kier molecular flexibility index (Phi) is 6.95. The van der Waals surface area contributed by atoms with Crippen molar-refractivity contribution in [2.75, 3.05) is 27.7 Å². The first kappa shape index (κ1) is 16.6. The molecule has 14 heavy (non-hydrogen) atoms. The fourth-order valence-electron chi connectivity index (χ4n) is 1.64. The van der Waals surface area contributed by atoms with E-state index in [2.05, 4.69) is 21.1 Å². The zero-order valence-corrected chi connectivity index (χ0v) is 10.1. The molecule has 0 spiro atoms. The van der Waals surface area contributed by atoms with E-state index in [1.165, 1.54) is 0 Å². The maximum Gasteiger partial charge on any atom is 0.109 e. The first-order valence-electron chi connectivity index (χ1n) is 4.52. The van der Waals surface area contributed by atoms with E-state index < -0.39 is 0 Å². The smallest absolute Gasteiger partial charge is 0.109 e. The van der Waals surface area contributed by atoms with Gasteiger partial charge >= 0.3 is 0 Å². The second kappa shape index (κ2) is 5.88. The molecule has 0 amide bonds. The van der Waals surface area contributed by atoms with Gasteiger partial charge in [-0.25, -0.2) is 0 Å². The van der Waals surface area contributed by atoms with Crippen LogP contribution in [0.1, 0.15) is 13.3 Å². The van der Waals surface area contributed by atoms with Gasteiger partial charge in [0, 0.05) is 6.42 Å².